The maximum Gasteiger partial charge on any atom is 0.210 e. The maximum atomic E-state index is 13.1. The molecule has 1 aliphatic heterocycles. The van der Waals surface area contributed by atoms with Gasteiger partial charge in [-0.15, -0.1) is 0 Å². The highest BCUT2D eigenvalue weighted by molar-refractivity contribution is 7.78. The van der Waals surface area contributed by atoms with Crippen LogP contribution in [-0.2, 0) is 26.4 Å². The van der Waals surface area contributed by atoms with Crippen LogP contribution in [0.3, 0.4) is 0 Å². The Morgan fingerprint density at radius 1 is 1.07 bits per heavy atom. The first-order chi connectivity index (χ1) is 13.2. The molecule has 0 amide bonds. The van der Waals surface area contributed by atoms with Gasteiger partial charge in [0.1, 0.15) is 5.76 Å². The van der Waals surface area contributed by atoms with Gasteiger partial charge in [0.2, 0.25) is 5.78 Å². The molecule has 0 aliphatic carbocycles. The van der Waals surface area contributed by atoms with Crippen LogP contribution in [0.25, 0.3) is 11.3 Å². The van der Waals surface area contributed by atoms with E-state index in [1.807, 2.05) is 6.92 Å². The summed E-state index contributed by atoms with van der Waals surface area (Å²) in [5.74, 6) is 0.259. The first-order valence-electron chi connectivity index (χ1n) is 9.00. The molecule has 6 heteroatoms. The van der Waals surface area contributed by atoms with Crippen LogP contribution < -0.4 is 0 Å². The van der Waals surface area contributed by atoms with Crippen LogP contribution in [0.15, 0.2) is 48.5 Å². The van der Waals surface area contributed by atoms with E-state index in [1.54, 1.807) is 55.5 Å². The molecule has 146 valence electrons. The quantitative estimate of drug-likeness (QED) is 0.545. The average molecular weight is 397 g/mol. The Bertz CT molecular complexity index is 973. The summed E-state index contributed by atoms with van der Waals surface area (Å²) in [6, 6.07) is 13.8. The van der Waals surface area contributed by atoms with Gasteiger partial charge >= 0.3 is 0 Å². The zero-order valence-electron chi connectivity index (χ0n) is 16.0. The SMILES string of the molecule is CCC1(C)OC(c2ccc(CS(=O)[O-])cc2)=C(c2ccc(C(C)=O)cc2)C1=O. The smallest absolute Gasteiger partial charge is 0.210 e. The first kappa shape index (κ1) is 20.2. The average Bonchev–Trinajstić information content (AvgIpc) is 2.94. The van der Waals surface area contributed by atoms with Gasteiger partial charge in [0.15, 0.2) is 11.4 Å². The Hall–Kier alpha value is -2.57. The molecule has 2 unspecified atom stereocenters. The van der Waals surface area contributed by atoms with Gasteiger partial charge in [-0.25, -0.2) is 0 Å². The summed E-state index contributed by atoms with van der Waals surface area (Å²) in [4.78, 5) is 24.7. The molecule has 0 N–H and O–H groups in total. The largest absolute Gasteiger partial charge is 0.772 e. The van der Waals surface area contributed by atoms with E-state index in [0.717, 1.165) is 0 Å². The van der Waals surface area contributed by atoms with E-state index < -0.39 is 16.7 Å². The van der Waals surface area contributed by atoms with Crippen LogP contribution in [0.5, 0.6) is 0 Å². The monoisotopic (exact) mass is 397 g/mol. The third-order valence-electron chi connectivity index (χ3n) is 5.02. The van der Waals surface area contributed by atoms with Gasteiger partial charge in [0, 0.05) is 16.9 Å². The predicted octanol–water partition coefficient (Wildman–Crippen LogP) is 3.90. The van der Waals surface area contributed by atoms with Crippen molar-refractivity contribution in [1.29, 1.82) is 0 Å². The molecule has 5 nitrogen and oxygen atoms in total. The van der Waals surface area contributed by atoms with Crippen molar-refractivity contribution >= 4 is 34.0 Å². The lowest BCUT2D eigenvalue weighted by Crippen LogP contribution is -2.32. The van der Waals surface area contributed by atoms with Crippen molar-refractivity contribution in [2.24, 2.45) is 0 Å². The van der Waals surface area contributed by atoms with Crippen molar-refractivity contribution in [1.82, 2.24) is 0 Å². The van der Waals surface area contributed by atoms with E-state index in [-0.39, 0.29) is 17.3 Å². The zero-order valence-corrected chi connectivity index (χ0v) is 16.8. The molecule has 0 fully saturated rings. The molecular weight excluding hydrogens is 376 g/mol. The molecule has 2 atom stereocenters. The molecule has 0 spiro atoms. The lowest BCUT2D eigenvalue weighted by Gasteiger charge is -2.21. The van der Waals surface area contributed by atoms with Gasteiger partial charge in [0.25, 0.3) is 0 Å². The van der Waals surface area contributed by atoms with Crippen LogP contribution >= 0.6 is 0 Å². The molecule has 28 heavy (non-hydrogen) atoms. The molecule has 0 saturated heterocycles. The summed E-state index contributed by atoms with van der Waals surface area (Å²) < 4.78 is 27.9. The van der Waals surface area contributed by atoms with E-state index in [9.17, 15) is 18.4 Å². The Balaban J connectivity index is 2.08. The number of ketones is 2. The topological polar surface area (TPSA) is 83.5 Å². The van der Waals surface area contributed by atoms with E-state index >= 15 is 0 Å². The normalized spacial score (nSPS) is 20.2. The van der Waals surface area contributed by atoms with Crippen molar-refractivity contribution in [3.05, 3.63) is 70.8 Å². The first-order valence-corrected chi connectivity index (χ1v) is 10.2. The second-order valence-corrected chi connectivity index (χ2v) is 7.89. The van der Waals surface area contributed by atoms with Crippen molar-refractivity contribution in [2.45, 2.75) is 38.5 Å². The van der Waals surface area contributed by atoms with Gasteiger partial charge in [-0.2, -0.15) is 0 Å². The predicted molar refractivity (Wildman–Crippen MR) is 107 cm³/mol. The second kappa shape index (κ2) is 7.81. The Morgan fingerprint density at radius 2 is 1.64 bits per heavy atom. The van der Waals surface area contributed by atoms with Gasteiger partial charge in [-0.3, -0.25) is 13.8 Å². The van der Waals surface area contributed by atoms with Gasteiger partial charge in [-0.1, -0.05) is 66.5 Å². The fourth-order valence-electron chi connectivity index (χ4n) is 3.15. The molecule has 0 saturated carbocycles. The summed E-state index contributed by atoms with van der Waals surface area (Å²) in [6.45, 7) is 5.15. The number of ether oxygens (including phenoxy) is 1. The van der Waals surface area contributed by atoms with Crippen LogP contribution in [-0.4, -0.2) is 25.9 Å². The number of hydrogen-bond donors (Lipinski definition) is 0. The number of carbonyl (C=O) groups is 2. The van der Waals surface area contributed by atoms with Crippen LogP contribution in [0.4, 0.5) is 0 Å². The summed E-state index contributed by atoms with van der Waals surface area (Å²) in [5, 5.41) is 0. The molecular formula is C22H21O5S-. The van der Waals surface area contributed by atoms with Crippen molar-refractivity contribution in [3.63, 3.8) is 0 Å². The molecule has 1 heterocycles. The Labute approximate surface area is 166 Å². The van der Waals surface area contributed by atoms with Crippen molar-refractivity contribution in [3.8, 4) is 0 Å². The van der Waals surface area contributed by atoms with E-state index in [2.05, 4.69) is 0 Å². The number of carbonyl (C=O) groups excluding carboxylic acids is 2. The van der Waals surface area contributed by atoms with Crippen molar-refractivity contribution < 1.29 is 23.1 Å². The maximum absolute atomic E-state index is 13.1. The van der Waals surface area contributed by atoms with E-state index in [4.69, 9.17) is 4.74 Å². The number of hydrogen-bond acceptors (Lipinski definition) is 5. The Morgan fingerprint density at radius 3 is 2.14 bits per heavy atom. The highest BCUT2D eigenvalue weighted by Gasteiger charge is 2.45. The standard InChI is InChI=1S/C22H22O5S/c1-4-22(3)21(24)19(17-11-9-16(10-12-17)14(2)23)20(27-22)18-7-5-15(6-8-18)13-28(25)26/h5-12H,4,13H2,1-3H3,(H,25,26)/p-1. The molecule has 2 aromatic rings. The fraction of sp³-hybridized carbons (Fsp3) is 0.273. The number of Topliss-reactive ketones (excluding diaryl/α,β-unsaturated/α-hetero) is 2. The summed E-state index contributed by atoms with van der Waals surface area (Å²) >= 11 is -2.16. The number of rotatable bonds is 6. The zero-order chi connectivity index (χ0) is 20.5. The highest BCUT2D eigenvalue weighted by Crippen LogP contribution is 2.42. The van der Waals surface area contributed by atoms with Gasteiger partial charge in [-0.05, 0) is 31.4 Å². The van der Waals surface area contributed by atoms with Crippen LogP contribution in [0.1, 0.15) is 54.2 Å². The second-order valence-electron chi connectivity index (χ2n) is 7.00. The van der Waals surface area contributed by atoms with E-state index in [1.165, 1.54) is 6.92 Å². The summed E-state index contributed by atoms with van der Waals surface area (Å²) in [7, 11) is 0. The minimum atomic E-state index is -2.16. The minimum Gasteiger partial charge on any atom is -0.772 e. The number of benzene rings is 2. The minimum absolute atomic E-state index is 0.0421. The fourth-order valence-corrected chi connectivity index (χ4v) is 3.61. The summed E-state index contributed by atoms with van der Waals surface area (Å²) in [6.07, 6.45) is 0.512. The summed E-state index contributed by atoms with van der Waals surface area (Å²) in [5.41, 5.74) is 2.14. The molecule has 2 aromatic carbocycles. The van der Waals surface area contributed by atoms with Crippen LogP contribution in [0, 0.1) is 0 Å². The molecule has 0 aromatic heterocycles. The van der Waals surface area contributed by atoms with Gasteiger partial charge < -0.3 is 9.29 Å². The lowest BCUT2D eigenvalue weighted by molar-refractivity contribution is -0.126. The lowest BCUT2D eigenvalue weighted by atomic mass is 9.89. The van der Waals surface area contributed by atoms with Crippen LogP contribution in [0.2, 0.25) is 0 Å². The molecule has 1 aliphatic rings. The third-order valence-corrected chi connectivity index (χ3v) is 5.59. The highest BCUT2D eigenvalue weighted by atomic mass is 32.2. The molecule has 0 radical (unpaired) electrons. The molecule has 3 rings (SSSR count). The van der Waals surface area contributed by atoms with Crippen molar-refractivity contribution in [2.75, 3.05) is 0 Å². The van der Waals surface area contributed by atoms with E-state index in [0.29, 0.717) is 40.0 Å². The Kier molecular flexibility index (Phi) is 5.63. The van der Waals surface area contributed by atoms with Gasteiger partial charge in [0.05, 0.1) is 5.57 Å². The molecule has 0 bridgehead atoms. The third kappa shape index (κ3) is 3.84.